The van der Waals surface area contributed by atoms with Gasteiger partial charge in [-0.15, -0.1) is 0 Å². The van der Waals surface area contributed by atoms with Crippen LogP contribution in [0.4, 0.5) is 11.4 Å². The molecule has 2 N–H and O–H groups in total. The lowest BCUT2D eigenvalue weighted by Crippen LogP contribution is -2.44. The van der Waals surface area contributed by atoms with Gasteiger partial charge >= 0.3 is 0 Å². The molecule has 0 aromatic heterocycles. The van der Waals surface area contributed by atoms with Gasteiger partial charge in [-0.05, 0) is 45.1 Å². The summed E-state index contributed by atoms with van der Waals surface area (Å²) in [4.78, 5) is 15.0. The number of likely N-dealkylation sites (N-methyl/N-ethyl adjacent to an activating group) is 2. The zero-order valence-electron chi connectivity index (χ0n) is 12.1. The maximum absolute atomic E-state index is 10.8. The Balaban J connectivity index is 2.08. The number of nitrogen functional groups attached to an aromatic ring is 1. The Morgan fingerprint density at radius 3 is 2.95 bits per heavy atom. The van der Waals surface area contributed by atoms with Crippen molar-refractivity contribution in [2.75, 3.05) is 32.9 Å². The summed E-state index contributed by atoms with van der Waals surface area (Å²) in [5.41, 5.74) is 7.48. The van der Waals surface area contributed by atoms with Crippen molar-refractivity contribution < 1.29 is 4.92 Å². The molecule has 1 aromatic carbocycles. The first-order valence-corrected chi connectivity index (χ1v) is 6.89. The molecule has 1 aromatic rings. The Bertz CT molecular complexity index is 492. The van der Waals surface area contributed by atoms with Crippen molar-refractivity contribution in [1.82, 2.24) is 9.80 Å². The van der Waals surface area contributed by atoms with Crippen LogP contribution in [0.25, 0.3) is 0 Å². The first kappa shape index (κ1) is 14.7. The van der Waals surface area contributed by atoms with Crippen LogP contribution in [-0.2, 0) is 6.54 Å². The average Bonchev–Trinajstić information content (AvgIpc) is 2.41. The summed E-state index contributed by atoms with van der Waals surface area (Å²) in [6.07, 6.45) is 2.35. The highest BCUT2D eigenvalue weighted by atomic mass is 16.6. The molecule has 0 amide bonds. The van der Waals surface area contributed by atoms with Crippen LogP contribution in [-0.4, -0.2) is 47.9 Å². The fourth-order valence-electron chi connectivity index (χ4n) is 2.74. The first-order chi connectivity index (χ1) is 9.47. The van der Waals surface area contributed by atoms with Crippen molar-refractivity contribution in [3.05, 3.63) is 33.9 Å². The maximum Gasteiger partial charge on any atom is 0.269 e. The maximum atomic E-state index is 10.8. The van der Waals surface area contributed by atoms with Crippen LogP contribution in [0.1, 0.15) is 18.4 Å². The van der Waals surface area contributed by atoms with Crippen LogP contribution in [0.3, 0.4) is 0 Å². The lowest BCUT2D eigenvalue weighted by molar-refractivity contribution is -0.384. The van der Waals surface area contributed by atoms with E-state index in [4.69, 9.17) is 5.73 Å². The second kappa shape index (κ2) is 6.19. The number of non-ortho nitro benzene ring substituents is 1. The van der Waals surface area contributed by atoms with Crippen LogP contribution in [0.5, 0.6) is 0 Å². The van der Waals surface area contributed by atoms with E-state index in [0.29, 0.717) is 18.3 Å². The van der Waals surface area contributed by atoms with Crippen molar-refractivity contribution in [2.24, 2.45) is 0 Å². The Labute approximate surface area is 119 Å². The summed E-state index contributed by atoms with van der Waals surface area (Å²) in [5.74, 6) is 0. The highest BCUT2D eigenvalue weighted by Gasteiger charge is 2.22. The molecule has 0 bridgehead atoms. The SMILES string of the molecule is CN1CCCC(N(C)Cc2cc([N+](=O)[O-])ccc2N)C1. The Morgan fingerprint density at radius 1 is 1.55 bits per heavy atom. The van der Waals surface area contributed by atoms with E-state index in [1.807, 2.05) is 0 Å². The number of benzene rings is 1. The largest absolute Gasteiger partial charge is 0.398 e. The summed E-state index contributed by atoms with van der Waals surface area (Å²) < 4.78 is 0. The van der Waals surface area contributed by atoms with E-state index in [1.54, 1.807) is 12.1 Å². The molecule has 1 aliphatic rings. The molecule has 110 valence electrons. The van der Waals surface area contributed by atoms with Crippen molar-refractivity contribution in [3.63, 3.8) is 0 Å². The summed E-state index contributed by atoms with van der Waals surface area (Å²) in [6.45, 7) is 2.82. The molecule has 0 spiro atoms. The Morgan fingerprint density at radius 2 is 2.30 bits per heavy atom. The van der Waals surface area contributed by atoms with Crippen LogP contribution >= 0.6 is 0 Å². The van der Waals surface area contributed by atoms with E-state index in [9.17, 15) is 10.1 Å². The van der Waals surface area contributed by atoms with Gasteiger partial charge in [0.25, 0.3) is 5.69 Å². The van der Waals surface area contributed by atoms with E-state index >= 15 is 0 Å². The van der Waals surface area contributed by atoms with Gasteiger partial charge in [-0.2, -0.15) is 0 Å². The zero-order valence-corrected chi connectivity index (χ0v) is 12.1. The number of hydrogen-bond acceptors (Lipinski definition) is 5. The molecular formula is C14H22N4O2. The van der Waals surface area contributed by atoms with Crippen molar-refractivity contribution in [3.8, 4) is 0 Å². The molecule has 6 nitrogen and oxygen atoms in total. The summed E-state index contributed by atoms with van der Waals surface area (Å²) in [5, 5.41) is 10.8. The van der Waals surface area contributed by atoms with Crippen molar-refractivity contribution >= 4 is 11.4 Å². The number of anilines is 1. The van der Waals surface area contributed by atoms with Crippen LogP contribution in [0.2, 0.25) is 0 Å². The summed E-state index contributed by atoms with van der Waals surface area (Å²) in [6, 6.07) is 5.13. The predicted molar refractivity (Wildman–Crippen MR) is 79.5 cm³/mol. The molecule has 0 aliphatic carbocycles. The molecule has 2 rings (SSSR count). The monoisotopic (exact) mass is 278 g/mol. The van der Waals surface area contributed by atoms with E-state index in [1.165, 1.54) is 12.5 Å². The zero-order chi connectivity index (χ0) is 14.7. The van der Waals surface area contributed by atoms with Crippen LogP contribution in [0.15, 0.2) is 18.2 Å². The fraction of sp³-hybridized carbons (Fsp3) is 0.571. The van der Waals surface area contributed by atoms with Gasteiger partial charge < -0.3 is 10.6 Å². The quantitative estimate of drug-likeness (QED) is 0.515. The number of likely N-dealkylation sites (tertiary alicyclic amines) is 1. The third-order valence-corrected chi connectivity index (χ3v) is 3.98. The predicted octanol–water partition coefficient (Wildman–Crippen LogP) is 1.70. The molecule has 1 saturated heterocycles. The standard InChI is InChI=1S/C14H22N4O2/c1-16-7-3-4-13(10-16)17(2)9-11-8-12(18(19)20)5-6-14(11)15/h5-6,8,13H,3-4,7,9-10,15H2,1-2H3. The second-order valence-corrected chi connectivity index (χ2v) is 5.61. The third-order valence-electron chi connectivity index (χ3n) is 3.98. The molecule has 1 heterocycles. The molecule has 20 heavy (non-hydrogen) atoms. The number of piperidine rings is 1. The highest BCUT2D eigenvalue weighted by Crippen LogP contribution is 2.23. The van der Waals surface area contributed by atoms with Crippen molar-refractivity contribution in [1.29, 1.82) is 0 Å². The molecule has 1 atom stereocenters. The molecule has 1 fully saturated rings. The smallest absolute Gasteiger partial charge is 0.269 e. The molecule has 0 saturated carbocycles. The number of hydrogen-bond donors (Lipinski definition) is 1. The van der Waals surface area contributed by atoms with Gasteiger partial charge in [-0.25, -0.2) is 0 Å². The molecule has 1 aliphatic heterocycles. The number of nitro benzene ring substituents is 1. The van der Waals surface area contributed by atoms with Gasteiger partial charge in [0.15, 0.2) is 0 Å². The van der Waals surface area contributed by atoms with E-state index < -0.39 is 0 Å². The van der Waals surface area contributed by atoms with Gasteiger partial charge in [-0.3, -0.25) is 15.0 Å². The van der Waals surface area contributed by atoms with Gasteiger partial charge in [0.05, 0.1) is 4.92 Å². The number of nitro groups is 1. The number of nitrogens with zero attached hydrogens (tertiary/aromatic N) is 3. The lowest BCUT2D eigenvalue weighted by atomic mass is 10.0. The minimum atomic E-state index is -0.378. The van der Waals surface area contributed by atoms with Gasteiger partial charge in [0.2, 0.25) is 0 Å². The molecule has 6 heteroatoms. The summed E-state index contributed by atoms with van der Waals surface area (Å²) >= 11 is 0. The minimum absolute atomic E-state index is 0.100. The van der Waals surface area contributed by atoms with Crippen LogP contribution in [0, 0.1) is 10.1 Å². The molecule has 1 unspecified atom stereocenters. The van der Waals surface area contributed by atoms with E-state index in [-0.39, 0.29) is 10.6 Å². The Kier molecular flexibility index (Phi) is 4.57. The van der Waals surface area contributed by atoms with Crippen LogP contribution < -0.4 is 5.73 Å². The third kappa shape index (κ3) is 3.46. The van der Waals surface area contributed by atoms with Gasteiger partial charge in [0.1, 0.15) is 0 Å². The first-order valence-electron chi connectivity index (χ1n) is 6.89. The van der Waals surface area contributed by atoms with Crippen molar-refractivity contribution in [2.45, 2.75) is 25.4 Å². The molecular weight excluding hydrogens is 256 g/mol. The van der Waals surface area contributed by atoms with E-state index in [2.05, 4.69) is 23.9 Å². The normalized spacial score (nSPS) is 20.2. The second-order valence-electron chi connectivity index (χ2n) is 5.61. The van der Waals surface area contributed by atoms with Gasteiger partial charge in [0, 0.05) is 37.0 Å². The average molecular weight is 278 g/mol. The number of nitrogens with two attached hydrogens (primary N) is 1. The minimum Gasteiger partial charge on any atom is -0.398 e. The number of rotatable bonds is 4. The fourth-order valence-corrected chi connectivity index (χ4v) is 2.74. The Hall–Kier alpha value is -1.66. The van der Waals surface area contributed by atoms with E-state index in [0.717, 1.165) is 25.1 Å². The lowest BCUT2D eigenvalue weighted by Gasteiger charge is -2.36. The molecule has 0 radical (unpaired) electrons. The highest BCUT2D eigenvalue weighted by molar-refractivity contribution is 5.52. The summed E-state index contributed by atoms with van der Waals surface area (Å²) in [7, 11) is 4.18. The topological polar surface area (TPSA) is 75.6 Å². The van der Waals surface area contributed by atoms with Gasteiger partial charge in [-0.1, -0.05) is 0 Å².